The number of piperidine rings is 1. The molecule has 3 aliphatic heterocycles. The minimum Gasteiger partial charge on any atom is -0.376 e. The molecular formula is C24H32BrN5O. The third-order valence-corrected chi connectivity index (χ3v) is 7.62. The number of hydrogen-bond acceptors (Lipinski definition) is 6. The van der Waals surface area contributed by atoms with Crippen molar-refractivity contribution in [1.29, 1.82) is 0 Å². The van der Waals surface area contributed by atoms with Gasteiger partial charge in [0.25, 0.3) is 0 Å². The van der Waals surface area contributed by atoms with Gasteiger partial charge in [-0.1, -0.05) is 28.1 Å². The van der Waals surface area contributed by atoms with Crippen LogP contribution in [0.25, 0.3) is 10.9 Å². The van der Waals surface area contributed by atoms with Crippen LogP contribution in [0, 0.1) is 0 Å². The SMILES string of the molecule is COC1C=CCN(c2nc(N3CCC(N4CCCC4C)CC3)nc3ccc(Br)cc23)C1. The highest BCUT2D eigenvalue weighted by molar-refractivity contribution is 9.10. The first kappa shape index (κ1) is 21.2. The molecule has 31 heavy (non-hydrogen) atoms. The number of methoxy groups -OCH3 is 1. The Morgan fingerprint density at radius 2 is 1.90 bits per heavy atom. The maximum Gasteiger partial charge on any atom is 0.227 e. The number of rotatable bonds is 4. The van der Waals surface area contributed by atoms with E-state index in [2.05, 4.69) is 67.9 Å². The monoisotopic (exact) mass is 485 g/mol. The molecule has 6 nitrogen and oxygen atoms in total. The molecule has 0 radical (unpaired) electrons. The van der Waals surface area contributed by atoms with Crippen LogP contribution in [0.3, 0.4) is 0 Å². The van der Waals surface area contributed by atoms with Gasteiger partial charge in [0.05, 0.1) is 11.6 Å². The highest BCUT2D eigenvalue weighted by atomic mass is 79.9. The predicted molar refractivity (Wildman–Crippen MR) is 130 cm³/mol. The summed E-state index contributed by atoms with van der Waals surface area (Å²) >= 11 is 3.63. The molecule has 2 atom stereocenters. The zero-order valence-electron chi connectivity index (χ0n) is 18.5. The fraction of sp³-hybridized carbons (Fsp3) is 0.583. The van der Waals surface area contributed by atoms with E-state index in [1.54, 1.807) is 7.11 Å². The minimum atomic E-state index is 0.0903. The van der Waals surface area contributed by atoms with Crippen molar-refractivity contribution in [3.63, 3.8) is 0 Å². The van der Waals surface area contributed by atoms with Gasteiger partial charge in [0, 0.05) is 55.2 Å². The van der Waals surface area contributed by atoms with Crippen LogP contribution in [0.15, 0.2) is 34.8 Å². The van der Waals surface area contributed by atoms with E-state index in [1.165, 1.54) is 32.2 Å². The average Bonchev–Trinajstić information content (AvgIpc) is 3.24. The topological polar surface area (TPSA) is 44.7 Å². The molecule has 166 valence electrons. The molecular weight excluding hydrogens is 454 g/mol. The van der Waals surface area contributed by atoms with Crippen LogP contribution >= 0.6 is 15.9 Å². The Bertz CT molecular complexity index is 958. The first-order valence-electron chi connectivity index (χ1n) is 11.5. The van der Waals surface area contributed by atoms with Crippen molar-refractivity contribution in [2.24, 2.45) is 0 Å². The summed E-state index contributed by atoms with van der Waals surface area (Å²) in [6.45, 7) is 7.34. The number of anilines is 2. The van der Waals surface area contributed by atoms with E-state index in [0.717, 1.165) is 59.4 Å². The molecule has 2 aromatic rings. The van der Waals surface area contributed by atoms with Gasteiger partial charge in [-0.2, -0.15) is 4.98 Å². The summed E-state index contributed by atoms with van der Waals surface area (Å²) in [4.78, 5) is 17.5. The summed E-state index contributed by atoms with van der Waals surface area (Å²) < 4.78 is 6.65. The molecule has 1 aromatic carbocycles. The molecule has 0 amide bonds. The summed E-state index contributed by atoms with van der Waals surface area (Å²) in [5, 5.41) is 1.09. The lowest BCUT2D eigenvalue weighted by atomic mass is 10.0. The lowest BCUT2D eigenvalue weighted by Crippen LogP contribution is -2.46. The summed E-state index contributed by atoms with van der Waals surface area (Å²) in [6.07, 6.45) is 9.49. The summed E-state index contributed by atoms with van der Waals surface area (Å²) in [5.74, 6) is 1.87. The van der Waals surface area contributed by atoms with Gasteiger partial charge in [-0.05, 0) is 57.4 Å². The van der Waals surface area contributed by atoms with E-state index in [4.69, 9.17) is 14.7 Å². The Hall–Kier alpha value is -1.70. The molecule has 2 fully saturated rings. The van der Waals surface area contributed by atoms with Crippen molar-refractivity contribution in [3.8, 4) is 0 Å². The van der Waals surface area contributed by atoms with Gasteiger partial charge < -0.3 is 14.5 Å². The highest BCUT2D eigenvalue weighted by Crippen LogP contribution is 2.32. The van der Waals surface area contributed by atoms with Crippen molar-refractivity contribution in [1.82, 2.24) is 14.9 Å². The van der Waals surface area contributed by atoms with Crippen LogP contribution < -0.4 is 9.80 Å². The second-order valence-electron chi connectivity index (χ2n) is 9.06. The molecule has 2 unspecified atom stereocenters. The fourth-order valence-electron chi connectivity index (χ4n) is 5.37. The lowest BCUT2D eigenvalue weighted by Gasteiger charge is -2.39. The third-order valence-electron chi connectivity index (χ3n) is 7.13. The Kier molecular flexibility index (Phi) is 6.17. The smallest absolute Gasteiger partial charge is 0.227 e. The summed E-state index contributed by atoms with van der Waals surface area (Å²) in [5.41, 5.74) is 1.00. The van der Waals surface area contributed by atoms with Crippen molar-refractivity contribution in [2.45, 2.75) is 50.8 Å². The molecule has 0 N–H and O–H groups in total. The van der Waals surface area contributed by atoms with Crippen molar-refractivity contribution in [3.05, 3.63) is 34.8 Å². The van der Waals surface area contributed by atoms with Gasteiger partial charge in [0.2, 0.25) is 5.95 Å². The number of hydrogen-bond donors (Lipinski definition) is 0. The summed E-state index contributed by atoms with van der Waals surface area (Å²) in [7, 11) is 1.77. The van der Waals surface area contributed by atoms with Crippen LogP contribution in [0.5, 0.6) is 0 Å². The van der Waals surface area contributed by atoms with Crippen LogP contribution in [0.2, 0.25) is 0 Å². The Labute approximate surface area is 193 Å². The second-order valence-corrected chi connectivity index (χ2v) is 9.98. The molecule has 0 aliphatic carbocycles. The van der Waals surface area contributed by atoms with Gasteiger partial charge in [0.15, 0.2) is 0 Å². The maximum absolute atomic E-state index is 5.60. The highest BCUT2D eigenvalue weighted by Gasteiger charge is 2.31. The number of aromatic nitrogens is 2. The normalized spacial score (nSPS) is 25.6. The lowest BCUT2D eigenvalue weighted by molar-refractivity contribution is 0.143. The maximum atomic E-state index is 5.60. The number of benzene rings is 1. The molecule has 1 aromatic heterocycles. The number of likely N-dealkylation sites (tertiary alicyclic amines) is 1. The molecule has 0 bridgehead atoms. The van der Waals surface area contributed by atoms with Crippen LogP contribution in [0.1, 0.15) is 32.6 Å². The minimum absolute atomic E-state index is 0.0903. The van der Waals surface area contributed by atoms with Crippen molar-refractivity contribution in [2.75, 3.05) is 49.6 Å². The fourth-order valence-corrected chi connectivity index (χ4v) is 5.73. The Balaban J connectivity index is 1.42. The largest absolute Gasteiger partial charge is 0.376 e. The van der Waals surface area contributed by atoms with Gasteiger partial charge >= 0.3 is 0 Å². The number of ether oxygens (including phenoxy) is 1. The molecule has 0 spiro atoms. The Morgan fingerprint density at radius 3 is 2.65 bits per heavy atom. The van der Waals surface area contributed by atoms with E-state index in [0.29, 0.717) is 6.04 Å². The van der Waals surface area contributed by atoms with Gasteiger partial charge in [0.1, 0.15) is 5.82 Å². The van der Waals surface area contributed by atoms with E-state index in [1.807, 2.05) is 0 Å². The number of nitrogens with zero attached hydrogens (tertiary/aromatic N) is 5. The second kappa shape index (κ2) is 9.04. The van der Waals surface area contributed by atoms with Gasteiger partial charge in [-0.15, -0.1) is 0 Å². The molecule has 4 heterocycles. The third kappa shape index (κ3) is 4.32. The predicted octanol–water partition coefficient (Wildman–Crippen LogP) is 4.24. The average molecular weight is 486 g/mol. The zero-order valence-corrected chi connectivity index (χ0v) is 20.1. The van der Waals surface area contributed by atoms with E-state index in [9.17, 15) is 0 Å². The van der Waals surface area contributed by atoms with Crippen LogP contribution in [0.4, 0.5) is 11.8 Å². The van der Waals surface area contributed by atoms with E-state index < -0.39 is 0 Å². The first-order chi connectivity index (χ1) is 15.1. The van der Waals surface area contributed by atoms with Gasteiger partial charge in [-0.3, -0.25) is 4.90 Å². The molecule has 2 saturated heterocycles. The molecule has 7 heteroatoms. The quantitative estimate of drug-likeness (QED) is 0.603. The molecule has 0 saturated carbocycles. The van der Waals surface area contributed by atoms with E-state index >= 15 is 0 Å². The van der Waals surface area contributed by atoms with E-state index in [-0.39, 0.29) is 6.10 Å². The van der Waals surface area contributed by atoms with Crippen LogP contribution in [-0.4, -0.2) is 72.9 Å². The van der Waals surface area contributed by atoms with Crippen molar-refractivity contribution < 1.29 is 4.74 Å². The van der Waals surface area contributed by atoms with Crippen molar-refractivity contribution >= 4 is 38.6 Å². The molecule has 5 rings (SSSR count). The first-order valence-corrected chi connectivity index (χ1v) is 12.3. The van der Waals surface area contributed by atoms with Crippen LogP contribution in [-0.2, 0) is 4.74 Å². The molecule has 3 aliphatic rings. The van der Waals surface area contributed by atoms with Gasteiger partial charge in [-0.25, -0.2) is 4.98 Å². The standard InChI is InChI=1S/C24H32BrN5O/c1-17-5-3-12-30(17)19-9-13-28(14-10-19)24-26-22-8-7-18(25)15-21(22)23(27-24)29-11-4-6-20(16-29)31-2/h4,6-8,15,17,19-20H,3,5,9-14,16H2,1-2H3. The number of halogens is 1. The number of fused-ring (bicyclic) bond motifs is 1. The zero-order chi connectivity index (χ0) is 21.4. The summed E-state index contributed by atoms with van der Waals surface area (Å²) in [6, 6.07) is 7.74. The Morgan fingerprint density at radius 1 is 1.06 bits per heavy atom.